The van der Waals surface area contributed by atoms with Gasteiger partial charge in [0.25, 0.3) is 5.56 Å². The fourth-order valence-electron chi connectivity index (χ4n) is 1.56. The molecular weight excluding hydrogens is 304 g/mol. The van der Waals surface area contributed by atoms with Crippen molar-refractivity contribution in [2.45, 2.75) is 25.3 Å². The molecule has 0 atom stereocenters. The van der Waals surface area contributed by atoms with Crippen molar-refractivity contribution in [2.75, 3.05) is 19.5 Å². The van der Waals surface area contributed by atoms with Crippen LogP contribution < -0.4 is 16.1 Å². The first-order valence-electron chi connectivity index (χ1n) is 5.97. The molecule has 0 fully saturated rings. The third kappa shape index (κ3) is 4.45. The lowest BCUT2D eigenvalue weighted by Crippen LogP contribution is -2.39. The van der Waals surface area contributed by atoms with Gasteiger partial charge in [-0.1, -0.05) is 0 Å². The first-order chi connectivity index (χ1) is 9.64. The number of aromatic amines is 1. The largest absolute Gasteiger partial charge is 0.466 e. The quantitative estimate of drug-likeness (QED) is 0.389. The van der Waals surface area contributed by atoms with Gasteiger partial charge < -0.3 is 9.57 Å². The summed E-state index contributed by atoms with van der Waals surface area (Å²) < 4.78 is 28.6. The monoisotopic (exact) mass is 320 g/mol. The smallest absolute Gasteiger partial charge is 0.362 e. The maximum Gasteiger partial charge on any atom is 0.362 e. The average Bonchev–Trinajstić information content (AvgIpc) is 2.32. The number of sulfone groups is 1. The van der Waals surface area contributed by atoms with E-state index in [4.69, 9.17) is 4.84 Å². The van der Waals surface area contributed by atoms with E-state index in [0.29, 0.717) is 4.73 Å². The predicted octanol–water partition coefficient (Wildman–Crippen LogP) is -1.37. The summed E-state index contributed by atoms with van der Waals surface area (Å²) >= 11 is 0. The molecule has 0 unspecified atom stereocenters. The molecule has 0 aliphatic rings. The maximum atomic E-state index is 11.7. The zero-order valence-electron chi connectivity index (χ0n) is 11.8. The Morgan fingerprint density at radius 1 is 1.29 bits per heavy atom. The Balaban J connectivity index is 3.02. The number of rotatable bonds is 6. The third-order valence-corrected chi connectivity index (χ3v) is 3.59. The van der Waals surface area contributed by atoms with Crippen LogP contribution in [0.1, 0.15) is 18.9 Å². The van der Waals surface area contributed by atoms with Crippen LogP contribution in [0, 0.1) is 6.92 Å². The van der Waals surface area contributed by atoms with Crippen LogP contribution in [0.4, 0.5) is 0 Å². The van der Waals surface area contributed by atoms with Gasteiger partial charge in [-0.05, 0) is 6.92 Å². The van der Waals surface area contributed by atoms with E-state index in [2.05, 4.69) is 4.74 Å². The van der Waals surface area contributed by atoms with Crippen molar-refractivity contribution in [2.24, 2.45) is 0 Å². The highest BCUT2D eigenvalue weighted by molar-refractivity contribution is 7.90. The number of carbonyl (C=O) groups excluding carboxylic acids is 1. The second-order valence-electron chi connectivity index (χ2n) is 4.28. The van der Waals surface area contributed by atoms with Crippen LogP contribution in [0.5, 0.6) is 0 Å². The van der Waals surface area contributed by atoms with Crippen molar-refractivity contribution >= 4 is 15.8 Å². The number of ether oxygens (including phenoxy) is 1. The molecule has 1 N–H and O–H groups in total. The summed E-state index contributed by atoms with van der Waals surface area (Å²) in [5.74, 6) is -0.455. The topological polar surface area (TPSA) is 125 Å². The zero-order valence-corrected chi connectivity index (χ0v) is 12.7. The van der Waals surface area contributed by atoms with Crippen molar-refractivity contribution in [3.63, 3.8) is 0 Å². The van der Waals surface area contributed by atoms with E-state index >= 15 is 0 Å². The van der Waals surface area contributed by atoms with E-state index in [9.17, 15) is 22.8 Å². The molecule has 0 aliphatic carbocycles. The number of nitrogens with zero attached hydrogens (tertiary/aromatic N) is 1. The van der Waals surface area contributed by atoms with Crippen LogP contribution in [-0.2, 0) is 19.4 Å². The lowest BCUT2D eigenvalue weighted by molar-refractivity contribution is -0.141. The fourth-order valence-corrected chi connectivity index (χ4v) is 2.65. The van der Waals surface area contributed by atoms with Crippen molar-refractivity contribution in [3.8, 4) is 0 Å². The van der Waals surface area contributed by atoms with Gasteiger partial charge in [0, 0.05) is 19.6 Å². The molecule has 0 radical (unpaired) electrons. The Morgan fingerprint density at radius 2 is 1.90 bits per heavy atom. The standard InChI is InChI=1S/C11H16N2O7S/c1-7-9(15)12-11(16)13(10(7)21(3,17)18)20-6-4-5-19-8(2)14/h4-6H2,1-3H3,(H,12,15,16). The molecule has 0 aromatic carbocycles. The van der Waals surface area contributed by atoms with Crippen molar-refractivity contribution in [3.05, 3.63) is 26.4 Å². The SMILES string of the molecule is CC(=O)OCCCOn1c(S(C)(=O)=O)c(C)c(=O)[nH]c1=O. The van der Waals surface area contributed by atoms with Gasteiger partial charge in [0.2, 0.25) is 0 Å². The van der Waals surface area contributed by atoms with E-state index < -0.39 is 32.1 Å². The van der Waals surface area contributed by atoms with Crippen LogP contribution in [0.25, 0.3) is 0 Å². The van der Waals surface area contributed by atoms with Crippen molar-refractivity contribution in [1.82, 2.24) is 9.71 Å². The van der Waals surface area contributed by atoms with E-state index in [0.717, 1.165) is 6.26 Å². The summed E-state index contributed by atoms with van der Waals surface area (Å²) in [4.78, 5) is 40.7. The van der Waals surface area contributed by atoms with E-state index in [1.807, 2.05) is 4.98 Å². The van der Waals surface area contributed by atoms with E-state index in [1.165, 1.54) is 13.8 Å². The molecule has 1 aromatic rings. The van der Waals surface area contributed by atoms with Gasteiger partial charge in [-0.2, -0.15) is 0 Å². The van der Waals surface area contributed by atoms with Crippen LogP contribution in [0.2, 0.25) is 0 Å². The highest BCUT2D eigenvalue weighted by atomic mass is 32.2. The van der Waals surface area contributed by atoms with Crippen LogP contribution >= 0.6 is 0 Å². The van der Waals surface area contributed by atoms with E-state index in [1.54, 1.807) is 0 Å². The molecule has 0 spiro atoms. The lowest BCUT2D eigenvalue weighted by Gasteiger charge is -2.13. The molecule has 118 valence electrons. The first kappa shape index (κ1) is 17.0. The van der Waals surface area contributed by atoms with Gasteiger partial charge in [-0.3, -0.25) is 14.6 Å². The molecule has 0 saturated heterocycles. The van der Waals surface area contributed by atoms with Gasteiger partial charge >= 0.3 is 11.7 Å². The summed E-state index contributed by atoms with van der Waals surface area (Å²) in [6.45, 7) is 2.52. The minimum Gasteiger partial charge on any atom is -0.466 e. The molecule has 10 heteroatoms. The number of esters is 1. The van der Waals surface area contributed by atoms with Gasteiger partial charge in [-0.25, -0.2) is 13.2 Å². The number of hydrogen-bond acceptors (Lipinski definition) is 7. The summed E-state index contributed by atoms with van der Waals surface area (Å²) in [7, 11) is -3.83. The summed E-state index contributed by atoms with van der Waals surface area (Å²) in [6.07, 6.45) is 1.13. The maximum absolute atomic E-state index is 11.7. The van der Waals surface area contributed by atoms with Crippen LogP contribution in [0.3, 0.4) is 0 Å². The second kappa shape index (κ2) is 6.57. The highest BCUT2D eigenvalue weighted by Gasteiger charge is 2.21. The van der Waals surface area contributed by atoms with E-state index in [-0.39, 0.29) is 25.2 Å². The Hall–Kier alpha value is -2.10. The van der Waals surface area contributed by atoms with Gasteiger partial charge in [0.15, 0.2) is 14.9 Å². The molecule has 0 saturated carbocycles. The van der Waals surface area contributed by atoms with Gasteiger partial charge in [0.1, 0.15) is 6.61 Å². The number of nitrogens with one attached hydrogen (secondary N) is 1. The average molecular weight is 320 g/mol. The zero-order chi connectivity index (χ0) is 16.2. The number of carbonyl (C=O) groups is 1. The predicted molar refractivity (Wildman–Crippen MR) is 71.9 cm³/mol. The minimum atomic E-state index is -3.83. The second-order valence-corrected chi connectivity index (χ2v) is 6.21. The van der Waals surface area contributed by atoms with Crippen molar-refractivity contribution < 1.29 is 22.8 Å². The number of aromatic nitrogens is 2. The third-order valence-electron chi connectivity index (χ3n) is 2.42. The Bertz CT molecular complexity index is 745. The Morgan fingerprint density at radius 3 is 2.43 bits per heavy atom. The minimum absolute atomic E-state index is 0.0683. The molecule has 1 aromatic heterocycles. The van der Waals surface area contributed by atoms with Crippen molar-refractivity contribution in [1.29, 1.82) is 0 Å². The normalized spacial score (nSPS) is 11.2. The lowest BCUT2D eigenvalue weighted by atomic mass is 10.4. The Labute approximate surface area is 120 Å². The number of H-pyrrole nitrogens is 1. The summed E-state index contributed by atoms with van der Waals surface area (Å²) in [5.41, 5.74) is -1.92. The molecule has 1 rings (SSSR count). The molecule has 21 heavy (non-hydrogen) atoms. The highest BCUT2D eigenvalue weighted by Crippen LogP contribution is 2.07. The van der Waals surface area contributed by atoms with Crippen LogP contribution in [0.15, 0.2) is 14.6 Å². The van der Waals surface area contributed by atoms with Gasteiger partial charge in [-0.15, -0.1) is 4.73 Å². The molecule has 1 heterocycles. The fraction of sp³-hybridized carbons (Fsp3) is 0.545. The molecule has 0 bridgehead atoms. The summed E-state index contributed by atoms with van der Waals surface area (Å²) in [5, 5.41) is -0.497. The molecule has 0 aliphatic heterocycles. The first-order valence-corrected chi connectivity index (χ1v) is 7.86. The molecule has 9 nitrogen and oxygen atoms in total. The van der Waals surface area contributed by atoms with Gasteiger partial charge in [0.05, 0.1) is 12.2 Å². The molecular formula is C11H16N2O7S. The van der Waals surface area contributed by atoms with Crippen LogP contribution in [-0.4, -0.2) is 43.6 Å². The number of hydrogen-bond donors (Lipinski definition) is 1. The Kier molecular flexibility index (Phi) is 5.30. The molecule has 0 amide bonds. The summed E-state index contributed by atoms with van der Waals surface area (Å²) in [6, 6.07) is 0.